The van der Waals surface area contributed by atoms with Gasteiger partial charge in [-0.1, -0.05) is 36.7 Å². The maximum atomic E-state index is 12.7. The molecule has 0 aliphatic rings. The summed E-state index contributed by atoms with van der Waals surface area (Å²) in [5.41, 5.74) is 0. The molecule has 0 radical (unpaired) electrons. The number of aryl methyl sites for hydroxylation is 1. The lowest BCUT2D eigenvalue weighted by molar-refractivity contribution is 0.318. The highest BCUT2D eigenvalue weighted by molar-refractivity contribution is 9.09. The van der Waals surface area contributed by atoms with E-state index in [9.17, 15) is 8.42 Å². The first-order valence-electron chi connectivity index (χ1n) is 6.67. The SMILES string of the molecule is CCc1ccc(S(=O)(=O)N(CCBr)C(CC)CC)s1. The fourth-order valence-corrected chi connectivity index (χ4v) is 5.90. The van der Waals surface area contributed by atoms with Crippen LogP contribution in [0.4, 0.5) is 0 Å². The molecule has 0 atom stereocenters. The molecule has 3 nitrogen and oxygen atoms in total. The van der Waals surface area contributed by atoms with Gasteiger partial charge in [-0.25, -0.2) is 8.42 Å². The van der Waals surface area contributed by atoms with Gasteiger partial charge in [0.1, 0.15) is 4.21 Å². The highest BCUT2D eigenvalue weighted by atomic mass is 79.9. The summed E-state index contributed by atoms with van der Waals surface area (Å²) in [6, 6.07) is 3.73. The molecule has 0 aliphatic heterocycles. The number of thiophene rings is 1. The first kappa shape index (κ1) is 17.1. The smallest absolute Gasteiger partial charge is 0.206 e. The molecule has 6 heteroatoms. The Morgan fingerprint density at radius 2 is 1.89 bits per heavy atom. The first-order valence-corrected chi connectivity index (χ1v) is 10.1. The molecular formula is C13H22BrNO2S2. The predicted molar refractivity (Wildman–Crippen MR) is 85.8 cm³/mol. The number of halogens is 1. The van der Waals surface area contributed by atoms with Gasteiger partial charge in [-0.15, -0.1) is 11.3 Å². The molecule has 1 aromatic rings. The Bertz CT molecular complexity index is 481. The number of alkyl halides is 1. The average Bonchev–Trinajstić information content (AvgIpc) is 2.88. The molecule has 0 aromatic carbocycles. The van der Waals surface area contributed by atoms with E-state index in [2.05, 4.69) is 15.9 Å². The molecule has 0 amide bonds. The largest absolute Gasteiger partial charge is 0.252 e. The highest BCUT2D eigenvalue weighted by Gasteiger charge is 2.30. The van der Waals surface area contributed by atoms with Crippen molar-refractivity contribution in [1.29, 1.82) is 0 Å². The summed E-state index contributed by atoms with van der Waals surface area (Å²) in [7, 11) is -3.35. The van der Waals surface area contributed by atoms with Gasteiger partial charge in [0.05, 0.1) is 0 Å². The molecule has 1 rings (SSSR count). The Balaban J connectivity index is 3.11. The second kappa shape index (κ2) is 7.76. The molecule has 0 unspecified atom stereocenters. The van der Waals surface area contributed by atoms with Gasteiger partial charge < -0.3 is 0 Å². The van der Waals surface area contributed by atoms with E-state index < -0.39 is 10.0 Å². The van der Waals surface area contributed by atoms with Crippen LogP contribution in [0.2, 0.25) is 0 Å². The predicted octanol–water partition coefficient (Wildman–Crippen LogP) is 3.88. The molecule has 0 saturated carbocycles. The van der Waals surface area contributed by atoms with Crippen molar-refractivity contribution < 1.29 is 8.42 Å². The molecule has 0 N–H and O–H groups in total. The average molecular weight is 368 g/mol. The monoisotopic (exact) mass is 367 g/mol. The molecule has 0 aliphatic carbocycles. The van der Waals surface area contributed by atoms with Gasteiger partial charge in [0, 0.05) is 22.8 Å². The summed E-state index contributed by atoms with van der Waals surface area (Å²) in [5, 5.41) is 0.661. The summed E-state index contributed by atoms with van der Waals surface area (Å²) >= 11 is 4.75. The van der Waals surface area contributed by atoms with Gasteiger partial charge in [-0.2, -0.15) is 4.31 Å². The lowest BCUT2D eigenvalue weighted by atomic mass is 10.2. The fourth-order valence-electron chi connectivity index (χ4n) is 2.08. The second-order valence-electron chi connectivity index (χ2n) is 4.35. The second-order valence-corrected chi connectivity index (χ2v) is 8.43. The summed E-state index contributed by atoms with van der Waals surface area (Å²) in [6.07, 6.45) is 2.56. The van der Waals surface area contributed by atoms with E-state index in [0.29, 0.717) is 16.1 Å². The van der Waals surface area contributed by atoms with Crippen LogP contribution in [0.15, 0.2) is 16.3 Å². The van der Waals surface area contributed by atoms with E-state index >= 15 is 0 Å². The standard InChI is InChI=1S/C13H22BrNO2S2/c1-4-11(5-2)15(10-9-14)19(16,17)13-8-7-12(6-3)18-13/h7-8,11H,4-6,9-10H2,1-3H3. The van der Waals surface area contributed by atoms with Gasteiger partial charge in [-0.05, 0) is 31.4 Å². The van der Waals surface area contributed by atoms with E-state index in [4.69, 9.17) is 0 Å². The number of sulfonamides is 1. The summed E-state index contributed by atoms with van der Waals surface area (Å²) in [6.45, 7) is 6.64. The van der Waals surface area contributed by atoms with Crippen molar-refractivity contribution in [3.05, 3.63) is 17.0 Å². The minimum atomic E-state index is -3.35. The maximum Gasteiger partial charge on any atom is 0.252 e. The number of hydrogen-bond acceptors (Lipinski definition) is 3. The normalized spacial score (nSPS) is 12.5. The van der Waals surface area contributed by atoms with Crippen molar-refractivity contribution in [3.63, 3.8) is 0 Å². The van der Waals surface area contributed by atoms with E-state index in [1.165, 1.54) is 11.3 Å². The van der Waals surface area contributed by atoms with Crippen molar-refractivity contribution in [2.45, 2.75) is 50.3 Å². The van der Waals surface area contributed by atoms with E-state index in [1.54, 1.807) is 10.4 Å². The number of rotatable bonds is 8. The van der Waals surface area contributed by atoms with Crippen LogP contribution in [0, 0.1) is 0 Å². The third-order valence-corrected chi connectivity index (χ3v) is 7.21. The minimum absolute atomic E-state index is 0.0785. The molecule has 110 valence electrons. The minimum Gasteiger partial charge on any atom is -0.206 e. The highest BCUT2D eigenvalue weighted by Crippen LogP contribution is 2.27. The molecule has 0 saturated heterocycles. The number of hydrogen-bond donors (Lipinski definition) is 0. The molecule has 19 heavy (non-hydrogen) atoms. The topological polar surface area (TPSA) is 37.4 Å². The van der Waals surface area contributed by atoms with Crippen LogP contribution in [-0.2, 0) is 16.4 Å². The van der Waals surface area contributed by atoms with E-state index in [0.717, 1.165) is 24.1 Å². The maximum absolute atomic E-state index is 12.7. The summed E-state index contributed by atoms with van der Waals surface area (Å²) < 4.78 is 27.6. The Hall–Kier alpha value is 0.0900. The number of nitrogens with zero attached hydrogens (tertiary/aromatic N) is 1. The first-order chi connectivity index (χ1) is 9.01. The van der Waals surface area contributed by atoms with E-state index in [1.807, 2.05) is 26.8 Å². The van der Waals surface area contributed by atoms with Crippen molar-refractivity contribution in [3.8, 4) is 0 Å². The summed E-state index contributed by atoms with van der Waals surface area (Å²) in [4.78, 5) is 1.11. The molecule has 1 heterocycles. The zero-order valence-electron chi connectivity index (χ0n) is 11.7. The Morgan fingerprint density at radius 3 is 2.32 bits per heavy atom. The van der Waals surface area contributed by atoms with Crippen LogP contribution in [0.5, 0.6) is 0 Å². The molecule has 0 spiro atoms. The van der Waals surface area contributed by atoms with Gasteiger partial charge in [0.2, 0.25) is 0 Å². The van der Waals surface area contributed by atoms with Crippen LogP contribution in [0.25, 0.3) is 0 Å². The molecule has 1 aromatic heterocycles. The van der Waals surface area contributed by atoms with Gasteiger partial charge >= 0.3 is 0 Å². The zero-order valence-corrected chi connectivity index (χ0v) is 14.9. The summed E-state index contributed by atoms with van der Waals surface area (Å²) in [5.74, 6) is 0. The molecule has 0 bridgehead atoms. The van der Waals surface area contributed by atoms with Gasteiger partial charge in [0.25, 0.3) is 10.0 Å². The van der Waals surface area contributed by atoms with Crippen LogP contribution < -0.4 is 0 Å². The lowest BCUT2D eigenvalue weighted by Crippen LogP contribution is -2.40. The van der Waals surface area contributed by atoms with Crippen LogP contribution in [-0.4, -0.2) is 30.6 Å². The quantitative estimate of drug-likeness (QED) is 0.653. The van der Waals surface area contributed by atoms with Gasteiger partial charge in [0.15, 0.2) is 0 Å². The molecule has 0 fully saturated rings. The van der Waals surface area contributed by atoms with Crippen LogP contribution in [0.1, 0.15) is 38.5 Å². The van der Waals surface area contributed by atoms with Crippen LogP contribution in [0.3, 0.4) is 0 Å². The van der Waals surface area contributed by atoms with Crippen LogP contribution >= 0.6 is 27.3 Å². The van der Waals surface area contributed by atoms with Crippen molar-refractivity contribution in [2.24, 2.45) is 0 Å². The Labute approximate surface area is 129 Å². The third-order valence-electron chi connectivity index (χ3n) is 3.20. The Morgan fingerprint density at radius 1 is 1.26 bits per heavy atom. The molecular weight excluding hydrogens is 346 g/mol. The fraction of sp³-hybridized carbons (Fsp3) is 0.692. The van der Waals surface area contributed by atoms with E-state index in [-0.39, 0.29) is 6.04 Å². The third kappa shape index (κ3) is 4.03. The van der Waals surface area contributed by atoms with Crippen molar-refractivity contribution >= 4 is 37.3 Å². The van der Waals surface area contributed by atoms with Crippen molar-refractivity contribution in [2.75, 3.05) is 11.9 Å². The zero-order chi connectivity index (χ0) is 14.5. The van der Waals surface area contributed by atoms with Crippen molar-refractivity contribution in [1.82, 2.24) is 4.31 Å². The Kier molecular flexibility index (Phi) is 7.00. The van der Waals surface area contributed by atoms with Gasteiger partial charge in [-0.3, -0.25) is 0 Å². The lowest BCUT2D eigenvalue weighted by Gasteiger charge is -2.28.